The number of hydrogen-bond acceptors (Lipinski definition) is 4. The van der Waals surface area contributed by atoms with Gasteiger partial charge >= 0.3 is 0 Å². The van der Waals surface area contributed by atoms with Crippen molar-refractivity contribution < 1.29 is 0 Å². The molecule has 6 nitrogen and oxygen atoms in total. The highest BCUT2D eigenvalue weighted by Crippen LogP contribution is 2.42. The number of allylic oxidation sites excluding steroid dienone is 1. The largest absolute Gasteiger partial charge is 0.308 e. The van der Waals surface area contributed by atoms with Gasteiger partial charge in [0.15, 0.2) is 11.6 Å². The zero-order valence-electron chi connectivity index (χ0n) is 33.7. The van der Waals surface area contributed by atoms with E-state index in [9.17, 15) is 0 Å². The summed E-state index contributed by atoms with van der Waals surface area (Å²) in [7, 11) is 0. The number of para-hydroxylation sites is 2. The van der Waals surface area contributed by atoms with Crippen LogP contribution >= 0.6 is 0 Å². The molecule has 0 amide bonds. The van der Waals surface area contributed by atoms with Gasteiger partial charge in [0.25, 0.3) is 0 Å². The number of pyridine rings is 1. The van der Waals surface area contributed by atoms with Gasteiger partial charge in [-0.25, -0.2) is 9.97 Å². The molecule has 0 saturated heterocycles. The molecule has 12 rings (SSSR count). The number of benzene rings is 7. The Hall–Kier alpha value is -8.22. The summed E-state index contributed by atoms with van der Waals surface area (Å²) < 4.78 is 4.70. The molecule has 0 spiro atoms. The van der Waals surface area contributed by atoms with Crippen LogP contribution in [0, 0.1) is 0 Å². The van der Waals surface area contributed by atoms with Gasteiger partial charge in [-0.3, -0.25) is 4.57 Å². The summed E-state index contributed by atoms with van der Waals surface area (Å²) in [5, 5.41) is 3.56. The van der Waals surface area contributed by atoms with Crippen molar-refractivity contribution in [2.24, 2.45) is 0 Å². The third kappa shape index (κ3) is 6.03. The highest BCUT2D eigenvalue weighted by Gasteiger charge is 2.25. The number of nitrogens with zero attached hydrogens (tertiary/aromatic N) is 6. The molecule has 0 atom stereocenters. The van der Waals surface area contributed by atoms with Crippen LogP contribution in [0.15, 0.2) is 200 Å². The van der Waals surface area contributed by atoms with Crippen LogP contribution in [0.5, 0.6) is 0 Å². The Bertz CT molecular complexity index is 3440. The molecular weight excluding hydrogens is 757 g/mol. The first-order valence-electron chi connectivity index (χ1n) is 21.1. The van der Waals surface area contributed by atoms with E-state index in [-0.39, 0.29) is 0 Å². The van der Waals surface area contributed by atoms with Crippen LogP contribution in [0.3, 0.4) is 0 Å². The molecule has 0 saturated carbocycles. The summed E-state index contributed by atoms with van der Waals surface area (Å²) in [6, 6.07) is 68.0. The van der Waals surface area contributed by atoms with E-state index in [1.807, 2.05) is 42.5 Å². The molecule has 4 heterocycles. The zero-order chi connectivity index (χ0) is 41.0. The average Bonchev–Trinajstić information content (AvgIpc) is 3.86. The molecular formula is C56H38N6. The van der Waals surface area contributed by atoms with Gasteiger partial charge in [0.1, 0.15) is 0 Å². The summed E-state index contributed by atoms with van der Waals surface area (Å²) in [4.78, 5) is 20.8. The van der Waals surface area contributed by atoms with Gasteiger partial charge in [0.2, 0.25) is 5.95 Å². The van der Waals surface area contributed by atoms with Crippen LogP contribution in [0.4, 0.5) is 0 Å². The van der Waals surface area contributed by atoms with E-state index in [2.05, 4.69) is 173 Å². The Kier molecular flexibility index (Phi) is 8.52. The minimum absolute atomic E-state index is 0.611. The Labute approximate surface area is 358 Å². The number of fused-ring (bicyclic) bond motifs is 6. The predicted octanol–water partition coefficient (Wildman–Crippen LogP) is 13.6. The van der Waals surface area contributed by atoms with Crippen molar-refractivity contribution >= 4 is 38.8 Å². The fourth-order valence-electron chi connectivity index (χ4n) is 9.16. The fourth-order valence-corrected chi connectivity index (χ4v) is 9.16. The zero-order valence-corrected chi connectivity index (χ0v) is 33.7. The first-order chi connectivity index (χ1) is 30.7. The van der Waals surface area contributed by atoms with E-state index in [1.165, 1.54) is 38.5 Å². The SMILES string of the molecule is C1=Cc2c(n(-c3nc(-c4ccccc4)nc(-c4ccccc4)n3)c3cc4c(cc23)c2ccccc2n4-c2ccccc2-c2cccc(-c3ccc(-c4ccccc4)cc3)n2)CC1. The molecule has 0 fully saturated rings. The first kappa shape index (κ1) is 35.7. The summed E-state index contributed by atoms with van der Waals surface area (Å²) in [5.74, 6) is 1.89. The Morgan fingerprint density at radius 2 is 0.984 bits per heavy atom. The smallest absolute Gasteiger partial charge is 0.238 e. The maximum absolute atomic E-state index is 5.31. The van der Waals surface area contributed by atoms with Crippen LogP contribution in [-0.2, 0) is 6.42 Å². The molecule has 6 heteroatoms. The van der Waals surface area contributed by atoms with Crippen molar-refractivity contribution in [1.82, 2.24) is 29.1 Å². The fraction of sp³-hybridized carbons (Fsp3) is 0.0357. The third-order valence-electron chi connectivity index (χ3n) is 12.1. The maximum Gasteiger partial charge on any atom is 0.238 e. The Balaban J connectivity index is 1.06. The van der Waals surface area contributed by atoms with Crippen LogP contribution in [-0.4, -0.2) is 29.1 Å². The van der Waals surface area contributed by atoms with Gasteiger partial charge in [-0.15, -0.1) is 0 Å². The standard InChI is InChI=1S/C56H38N6/c1-4-17-37(18-5-1)38-31-33-39(34-32-38)47-26-16-27-48(57-47)44-25-12-15-30-51(44)61-49-28-13-10-23-42(49)45-35-46-43-24-11-14-29-50(43)62(53(46)36-52(45)61)56-59-54(40-19-6-2-7-20-40)58-55(60-56)41-21-8-3-9-22-41/h1-13,15-28,30-36H,14,29H2. The summed E-state index contributed by atoms with van der Waals surface area (Å²) in [6.07, 6.45) is 6.38. The van der Waals surface area contributed by atoms with Crippen LogP contribution in [0.2, 0.25) is 0 Å². The van der Waals surface area contributed by atoms with E-state index in [1.54, 1.807) is 0 Å². The summed E-state index contributed by atoms with van der Waals surface area (Å²) in [6.45, 7) is 0. The van der Waals surface area contributed by atoms with Crippen LogP contribution < -0.4 is 0 Å². The highest BCUT2D eigenvalue weighted by atomic mass is 15.2. The summed E-state index contributed by atoms with van der Waals surface area (Å²) >= 11 is 0. The van der Waals surface area contributed by atoms with Crippen molar-refractivity contribution in [1.29, 1.82) is 0 Å². The number of hydrogen-bond donors (Lipinski definition) is 0. The predicted molar refractivity (Wildman–Crippen MR) is 253 cm³/mol. The van der Waals surface area contributed by atoms with Crippen molar-refractivity contribution in [3.63, 3.8) is 0 Å². The molecule has 292 valence electrons. The number of aromatic nitrogens is 6. The molecule has 0 N–H and O–H groups in total. The molecule has 62 heavy (non-hydrogen) atoms. The minimum Gasteiger partial charge on any atom is -0.308 e. The van der Waals surface area contributed by atoms with E-state index in [4.69, 9.17) is 19.9 Å². The lowest BCUT2D eigenvalue weighted by molar-refractivity contribution is 0.839. The van der Waals surface area contributed by atoms with Crippen molar-refractivity contribution in [3.8, 4) is 68.1 Å². The van der Waals surface area contributed by atoms with Crippen molar-refractivity contribution in [2.45, 2.75) is 12.8 Å². The van der Waals surface area contributed by atoms with Crippen molar-refractivity contribution in [3.05, 3.63) is 211 Å². The highest BCUT2D eigenvalue weighted by molar-refractivity contribution is 6.15. The molecule has 0 bridgehead atoms. The van der Waals surface area contributed by atoms with Crippen LogP contribution in [0.1, 0.15) is 17.7 Å². The molecule has 1 aliphatic carbocycles. The molecule has 0 unspecified atom stereocenters. The van der Waals surface area contributed by atoms with E-state index in [0.717, 1.165) is 68.7 Å². The molecule has 7 aromatic carbocycles. The van der Waals surface area contributed by atoms with Gasteiger partial charge in [0, 0.05) is 49.7 Å². The second-order valence-electron chi connectivity index (χ2n) is 15.8. The lowest BCUT2D eigenvalue weighted by Crippen LogP contribution is -2.10. The van der Waals surface area contributed by atoms with Gasteiger partial charge < -0.3 is 4.57 Å². The lowest BCUT2D eigenvalue weighted by Gasteiger charge is -2.15. The quantitative estimate of drug-likeness (QED) is 0.161. The van der Waals surface area contributed by atoms with E-state index >= 15 is 0 Å². The summed E-state index contributed by atoms with van der Waals surface area (Å²) in [5.41, 5.74) is 15.0. The topological polar surface area (TPSA) is 61.4 Å². The van der Waals surface area contributed by atoms with Gasteiger partial charge in [-0.1, -0.05) is 170 Å². The third-order valence-corrected chi connectivity index (χ3v) is 12.1. The minimum atomic E-state index is 0.611. The van der Waals surface area contributed by atoms with Gasteiger partial charge in [0.05, 0.1) is 33.6 Å². The van der Waals surface area contributed by atoms with Gasteiger partial charge in [-0.2, -0.15) is 9.97 Å². The van der Waals surface area contributed by atoms with Crippen molar-refractivity contribution in [2.75, 3.05) is 0 Å². The molecule has 1 aliphatic rings. The Morgan fingerprint density at radius 1 is 0.387 bits per heavy atom. The lowest BCUT2D eigenvalue weighted by atomic mass is 10.0. The number of rotatable bonds is 7. The normalized spacial score (nSPS) is 12.3. The Morgan fingerprint density at radius 3 is 1.73 bits per heavy atom. The second kappa shape index (κ2) is 14.8. The monoisotopic (exact) mass is 794 g/mol. The second-order valence-corrected chi connectivity index (χ2v) is 15.8. The molecule has 0 radical (unpaired) electrons. The van der Waals surface area contributed by atoms with Gasteiger partial charge in [-0.05, 0) is 60.4 Å². The van der Waals surface area contributed by atoms with Crippen LogP contribution in [0.25, 0.3) is 107 Å². The van der Waals surface area contributed by atoms with E-state index in [0.29, 0.717) is 17.6 Å². The molecule has 4 aromatic heterocycles. The van der Waals surface area contributed by atoms with E-state index < -0.39 is 0 Å². The molecule has 0 aliphatic heterocycles. The first-order valence-corrected chi connectivity index (χ1v) is 21.1. The maximum atomic E-state index is 5.31. The molecule has 11 aromatic rings. The average molecular weight is 795 g/mol.